The smallest absolute Gasteiger partial charge is 0.227 e. The average molecular weight is 388 g/mol. The maximum absolute atomic E-state index is 9.39. The molecule has 1 fully saturated rings. The molecule has 0 atom stereocenters. The normalized spacial score (nSPS) is 15.3. The molecule has 5 rings (SSSR count). The predicted molar refractivity (Wildman–Crippen MR) is 116 cm³/mol. The molecule has 1 aliphatic rings. The van der Waals surface area contributed by atoms with Crippen molar-refractivity contribution < 1.29 is 5.11 Å². The highest BCUT2D eigenvalue weighted by Gasteiger charge is 2.20. The fraction of sp³-hybridized carbons (Fsp3) is 0.318. The number of nitrogens with zero attached hydrogens (tertiary/aromatic N) is 4. The minimum Gasteiger partial charge on any atom is -0.396 e. The first-order valence-electron chi connectivity index (χ1n) is 10.0. The number of aromatic nitrogens is 4. The van der Waals surface area contributed by atoms with Crippen molar-refractivity contribution in [3.05, 3.63) is 48.3 Å². The highest BCUT2D eigenvalue weighted by Crippen LogP contribution is 2.31. The first kappa shape index (κ1) is 17.9. The van der Waals surface area contributed by atoms with Crippen molar-refractivity contribution in [1.82, 2.24) is 20.2 Å². The summed E-state index contributed by atoms with van der Waals surface area (Å²) in [6.45, 7) is 4.36. The Morgan fingerprint density at radius 2 is 1.97 bits per heavy atom. The van der Waals surface area contributed by atoms with Gasteiger partial charge in [0, 0.05) is 48.0 Å². The molecule has 7 heteroatoms. The molecule has 3 N–H and O–H groups in total. The van der Waals surface area contributed by atoms with Crippen LogP contribution in [-0.4, -0.2) is 45.0 Å². The van der Waals surface area contributed by atoms with Gasteiger partial charge in [0.1, 0.15) is 0 Å². The number of fused-ring (bicyclic) bond motifs is 2. The number of hydrogen-bond donors (Lipinski definition) is 3. The standard InChI is InChI=1S/C22H24N6O/c1-14-20(28-8-6-15(13-29)7-9-28)5-3-17-11-23-22(26-21(14)17)25-18-4-2-16-12-24-27-19(16)10-18/h2-5,10-12,15,29H,6-9,13H2,1H3,(H,24,27)(H,23,25,26). The van der Waals surface area contributed by atoms with Crippen molar-refractivity contribution >= 4 is 39.1 Å². The largest absolute Gasteiger partial charge is 0.396 e. The molecule has 0 spiro atoms. The van der Waals surface area contributed by atoms with E-state index in [-0.39, 0.29) is 6.61 Å². The maximum Gasteiger partial charge on any atom is 0.227 e. The molecule has 1 aliphatic heterocycles. The van der Waals surface area contributed by atoms with Gasteiger partial charge in [-0.2, -0.15) is 5.10 Å². The van der Waals surface area contributed by atoms with Crippen LogP contribution in [0.15, 0.2) is 42.7 Å². The van der Waals surface area contributed by atoms with Crippen LogP contribution in [0.5, 0.6) is 0 Å². The number of hydrogen-bond acceptors (Lipinski definition) is 6. The fourth-order valence-corrected chi connectivity index (χ4v) is 4.13. The van der Waals surface area contributed by atoms with E-state index in [1.54, 1.807) is 6.20 Å². The molecular formula is C22H24N6O. The average Bonchev–Trinajstić information content (AvgIpc) is 3.22. The Kier molecular flexibility index (Phi) is 4.52. The van der Waals surface area contributed by atoms with Gasteiger partial charge in [-0.25, -0.2) is 9.97 Å². The second kappa shape index (κ2) is 7.33. The summed E-state index contributed by atoms with van der Waals surface area (Å²) in [5.41, 5.74) is 5.24. The molecule has 0 saturated carbocycles. The van der Waals surface area contributed by atoms with Crippen LogP contribution in [0.25, 0.3) is 21.8 Å². The van der Waals surface area contributed by atoms with Gasteiger partial charge in [-0.3, -0.25) is 5.10 Å². The Morgan fingerprint density at radius 1 is 1.14 bits per heavy atom. The Balaban J connectivity index is 1.44. The maximum atomic E-state index is 9.39. The molecular weight excluding hydrogens is 364 g/mol. The number of aliphatic hydroxyl groups is 1. The lowest BCUT2D eigenvalue weighted by atomic mass is 9.96. The van der Waals surface area contributed by atoms with Crippen LogP contribution in [-0.2, 0) is 0 Å². The highest BCUT2D eigenvalue weighted by atomic mass is 16.3. The quantitative estimate of drug-likeness (QED) is 0.493. The summed E-state index contributed by atoms with van der Waals surface area (Å²) >= 11 is 0. The number of aromatic amines is 1. The van der Waals surface area contributed by atoms with E-state index in [1.807, 2.05) is 24.4 Å². The third-order valence-corrected chi connectivity index (χ3v) is 5.89. The Morgan fingerprint density at radius 3 is 2.79 bits per heavy atom. The molecule has 0 radical (unpaired) electrons. The minimum absolute atomic E-state index is 0.289. The van der Waals surface area contributed by atoms with Crippen molar-refractivity contribution in [2.75, 3.05) is 29.9 Å². The second-order valence-electron chi connectivity index (χ2n) is 7.75. The number of aryl methyl sites for hydroxylation is 1. The van der Waals surface area contributed by atoms with Crippen molar-refractivity contribution in [2.45, 2.75) is 19.8 Å². The van der Waals surface area contributed by atoms with Gasteiger partial charge < -0.3 is 15.3 Å². The highest BCUT2D eigenvalue weighted by molar-refractivity contribution is 5.87. The zero-order valence-corrected chi connectivity index (χ0v) is 16.4. The van der Waals surface area contributed by atoms with E-state index >= 15 is 0 Å². The third kappa shape index (κ3) is 3.38. The molecule has 148 valence electrons. The van der Waals surface area contributed by atoms with Gasteiger partial charge in [0.2, 0.25) is 5.95 Å². The fourth-order valence-electron chi connectivity index (χ4n) is 4.13. The van der Waals surface area contributed by atoms with Crippen LogP contribution in [0.2, 0.25) is 0 Å². The molecule has 2 aromatic heterocycles. The zero-order chi connectivity index (χ0) is 19.8. The van der Waals surface area contributed by atoms with Crippen LogP contribution in [0.3, 0.4) is 0 Å². The van der Waals surface area contributed by atoms with Crippen LogP contribution in [0.1, 0.15) is 18.4 Å². The Hall–Kier alpha value is -3.19. The molecule has 29 heavy (non-hydrogen) atoms. The van der Waals surface area contributed by atoms with E-state index in [9.17, 15) is 5.11 Å². The minimum atomic E-state index is 0.289. The van der Waals surface area contributed by atoms with E-state index in [4.69, 9.17) is 4.98 Å². The number of anilines is 3. The Labute approximate surface area is 168 Å². The van der Waals surface area contributed by atoms with Crippen LogP contribution in [0.4, 0.5) is 17.3 Å². The molecule has 0 bridgehead atoms. The summed E-state index contributed by atoms with van der Waals surface area (Å²) in [6.07, 6.45) is 5.73. The number of nitrogens with one attached hydrogen (secondary N) is 2. The first-order valence-corrected chi connectivity index (χ1v) is 10.0. The van der Waals surface area contributed by atoms with E-state index < -0.39 is 0 Å². The van der Waals surface area contributed by atoms with Crippen LogP contribution < -0.4 is 10.2 Å². The number of H-pyrrole nitrogens is 1. The third-order valence-electron chi connectivity index (χ3n) is 5.89. The topological polar surface area (TPSA) is 90.0 Å². The van der Waals surface area contributed by atoms with Crippen molar-refractivity contribution in [2.24, 2.45) is 5.92 Å². The zero-order valence-electron chi connectivity index (χ0n) is 16.4. The monoisotopic (exact) mass is 388 g/mol. The second-order valence-corrected chi connectivity index (χ2v) is 7.75. The van der Waals surface area contributed by atoms with E-state index in [2.05, 4.69) is 44.5 Å². The summed E-state index contributed by atoms with van der Waals surface area (Å²) in [5.74, 6) is 1.01. The van der Waals surface area contributed by atoms with Gasteiger partial charge in [0.25, 0.3) is 0 Å². The lowest BCUT2D eigenvalue weighted by Gasteiger charge is -2.34. The molecule has 0 aliphatic carbocycles. The SMILES string of the molecule is Cc1c(N2CCC(CO)CC2)ccc2cnc(Nc3ccc4cn[nH]c4c3)nc12. The lowest BCUT2D eigenvalue weighted by Crippen LogP contribution is -2.35. The molecule has 3 heterocycles. The van der Waals surface area contributed by atoms with E-state index in [0.717, 1.165) is 53.4 Å². The summed E-state index contributed by atoms with van der Waals surface area (Å²) < 4.78 is 0. The summed E-state index contributed by atoms with van der Waals surface area (Å²) in [4.78, 5) is 11.7. The van der Waals surface area contributed by atoms with Crippen LogP contribution in [0, 0.1) is 12.8 Å². The number of rotatable bonds is 4. The van der Waals surface area contributed by atoms with Gasteiger partial charge >= 0.3 is 0 Å². The summed E-state index contributed by atoms with van der Waals surface area (Å²) in [7, 11) is 0. The van der Waals surface area contributed by atoms with E-state index in [0.29, 0.717) is 11.9 Å². The van der Waals surface area contributed by atoms with Gasteiger partial charge in [-0.15, -0.1) is 0 Å². The van der Waals surface area contributed by atoms with Crippen molar-refractivity contribution in [1.29, 1.82) is 0 Å². The molecule has 7 nitrogen and oxygen atoms in total. The van der Waals surface area contributed by atoms with Gasteiger partial charge in [-0.05, 0) is 61.6 Å². The van der Waals surface area contributed by atoms with Gasteiger partial charge in [0.05, 0.1) is 17.2 Å². The Bertz CT molecular complexity index is 1160. The number of benzene rings is 2. The molecule has 0 unspecified atom stereocenters. The number of piperidine rings is 1. The molecule has 4 aromatic rings. The van der Waals surface area contributed by atoms with Gasteiger partial charge in [-0.1, -0.05) is 0 Å². The van der Waals surface area contributed by atoms with E-state index in [1.165, 1.54) is 11.3 Å². The molecule has 0 amide bonds. The van der Waals surface area contributed by atoms with Crippen molar-refractivity contribution in [3.63, 3.8) is 0 Å². The van der Waals surface area contributed by atoms with Crippen molar-refractivity contribution in [3.8, 4) is 0 Å². The lowest BCUT2D eigenvalue weighted by molar-refractivity contribution is 0.203. The summed E-state index contributed by atoms with van der Waals surface area (Å²) in [6, 6.07) is 10.3. The number of aliphatic hydroxyl groups excluding tert-OH is 1. The molecule has 1 saturated heterocycles. The predicted octanol–water partition coefficient (Wildman–Crippen LogP) is 3.77. The molecule has 2 aromatic carbocycles. The van der Waals surface area contributed by atoms with Gasteiger partial charge in [0.15, 0.2) is 0 Å². The summed E-state index contributed by atoms with van der Waals surface area (Å²) in [5, 5.41) is 21.9. The van der Waals surface area contributed by atoms with Crippen LogP contribution >= 0.6 is 0 Å². The first-order chi connectivity index (χ1) is 14.2.